The van der Waals surface area contributed by atoms with Crippen molar-refractivity contribution < 1.29 is 19.1 Å². The summed E-state index contributed by atoms with van der Waals surface area (Å²) in [4.78, 5) is 37.2. The highest BCUT2D eigenvalue weighted by atomic mass is 16.5. The second-order valence-corrected chi connectivity index (χ2v) is 7.11. The van der Waals surface area contributed by atoms with Crippen LogP contribution in [0.15, 0.2) is 48.5 Å². The molecule has 1 aromatic heterocycles. The maximum Gasteiger partial charge on any atom is 0.338 e. The summed E-state index contributed by atoms with van der Waals surface area (Å²) in [5, 5.41) is 11.0. The zero-order valence-corrected chi connectivity index (χ0v) is 17.6. The number of fused-ring (bicyclic) bond motifs is 1. The zero-order valence-electron chi connectivity index (χ0n) is 17.6. The molecular weight excluding hydrogens is 398 g/mol. The Labute approximate surface area is 180 Å². The van der Waals surface area contributed by atoms with Gasteiger partial charge in [0, 0.05) is 13.6 Å². The van der Waals surface area contributed by atoms with E-state index in [1.807, 2.05) is 31.2 Å². The molecule has 0 bridgehead atoms. The fourth-order valence-corrected chi connectivity index (χ4v) is 2.90. The van der Waals surface area contributed by atoms with Crippen molar-refractivity contribution in [3.05, 3.63) is 59.7 Å². The Morgan fingerprint density at radius 2 is 1.84 bits per heavy atom. The van der Waals surface area contributed by atoms with E-state index in [1.165, 1.54) is 11.9 Å². The molecule has 0 radical (unpaired) electrons. The van der Waals surface area contributed by atoms with E-state index < -0.39 is 18.5 Å². The monoisotopic (exact) mass is 423 g/mol. The molecule has 0 aliphatic rings. The summed E-state index contributed by atoms with van der Waals surface area (Å²) in [6.07, 6.45) is 0.815. The molecule has 31 heavy (non-hydrogen) atoms. The molecule has 2 amide bonds. The van der Waals surface area contributed by atoms with Crippen LogP contribution >= 0.6 is 0 Å². The lowest BCUT2D eigenvalue weighted by atomic mass is 10.1. The first kappa shape index (κ1) is 21.9. The Balaban J connectivity index is 1.51. The van der Waals surface area contributed by atoms with Crippen LogP contribution in [0.3, 0.4) is 0 Å². The Hall–Kier alpha value is -3.75. The van der Waals surface area contributed by atoms with Crippen LogP contribution < -0.4 is 5.32 Å². The van der Waals surface area contributed by atoms with E-state index in [4.69, 9.17) is 4.74 Å². The summed E-state index contributed by atoms with van der Waals surface area (Å²) >= 11 is 0. The van der Waals surface area contributed by atoms with Crippen LogP contribution in [0.5, 0.6) is 0 Å². The number of para-hydroxylation sites is 1. The molecule has 0 aliphatic heterocycles. The fraction of sp³-hybridized carbons (Fsp3) is 0.318. The number of carbonyl (C=O) groups excluding carboxylic acids is 3. The number of ether oxygens (including phenoxy) is 1. The lowest BCUT2D eigenvalue weighted by Gasteiger charge is -2.16. The predicted octanol–water partition coefficient (Wildman–Crippen LogP) is 1.62. The second-order valence-electron chi connectivity index (χ2n) is 7.11. The standard InChI is InChI=1S/C22H25N5O4/c1-3-12-23-20(28)14-26(2)21(29)15-31-22(30)17-10-8-16(9-11-17)13-27-19-7-5-4-6-18(19)24-25-27/h4-11H,3,12-15H2,1-2H3,(H,23,28). The number of esters is 1. The lowest BCUT2D eigenvalue weighted by molar-refractivity contribution is -0.137. The van der Waals surface area contributed by atoms with Gasteiger partial charge >= 0.3 is 5.97 Å². The van der Waals surface area contributed by atoms with Gasteiger partial charge in [0.05, 0.1) is 24.2 Å². The molecule has 0 saturated carbocycles. The normalized spacial score (nSPS) is 10.6. The number of rotatable bonds is 9. The summed E-state index contributed by atoms with van der Waals surface area (Å²) in [5.74, 6) is -1.30. The molecule has 1 N–H and O–H groups in total. The van der Waals surface area contributed by atoms with Crippen molar-refractivity contribution >= 4 is 28.8 Å². The maximum absolute atomic E-state index is 12.2. The first-order chi connectivity index (χ1) is 15.0. The average Bonchev–Trinajstić information content (AvgIpc) is 3.19. The van der Waals surface area contributed by atoms with Crippen molar-refractivity contribution in [1.29, 1.82) is 0 Å². The minimum Gasteiger partial charge on any atom is -0.452 e. The van der Waals surface area contributed by atoms with Gasteiger partial charge in [0.1, 0.15) is 5.52 Å². The topological polar surface area (TPSA) is 106 Å². The molecule has 0 atom stereocenters. The van der Waals surface area contributed by atoms with Gasteiger partial charge in [0.2, 0.25) is 5.91 Å². The highest BCUT2D eigenvalue weighted by Gasteiger charge is 2.16. The molecular formula is C22H25N5O4. The summed E-state index contributed by atoms with van der Waals surface area (Å²) in [6.45, 7) is 2.50. The minimum atomic E-state index is -0.602. The fourth-order valence-electron chi connectivity index (χ4n) is 2.90. The van der Waals surface area contributed by atoms with E-state index in [1.54, 1.807) is 28.9 Å². The molecule has 0 unspecified atom stereocenters. The van der Waals surface area contributed by atoms with Crippen LogP contribution in [0.1, 0.15) is 29.3 Å². The van der Waals surface area contributed by atoms with E-state index in [0.717, 1.165) is 23.0 Å². The van der Waals surface area contributed by atoms with Crippen molar-refractivity contribution in [3.8, 4) is 0 Å². The largest absolute Gasteiger partial charge is 0.452 e. The van der Waals surface area contributed by atoms with Crippen LogP contribution in [0.2, 0.25) is 0 Å². The molecule has 2 aromatic carbocycles. The maximum atomic E-state index is 12.2. The van der Waals surface area contributed by atoms with Crippen molar-refractivity contribution in [3.63, 3.8) is 0 Å². The number of hydrogen-bond donors (Lipinski definition) is 1. The summed E-state index contributed by atoms with van der Waals surface area (Å²) in [6, 6.07) is 14.6. The van der Waals surface area contributed by atoms with Crippen molar-refractivity contribution in [2.45, 2.75) is 19.9 Å². The van der Waals surface area contributed by atoms with Crippen LogP contribution in [0.4, 0.5) is 0 Å². The summed E-state index contributed by atoms with van der Waals surface area (Å²) in [5.41, 5.74) is 3.03. The Morgan fingerprint density at radius 1 is 1.10 bits per heavy atom. The number of nitrogens with one attached hydrogen (secondary N) is 1. The highest BCUT2D eigenvalue weighted by molar-refractivity contribution is 5.92. The molecule has 3 aromatic rings. The SMILES string of the molecule is CCCNC(=O)CN(C)C(=O)COC(=O)c1ccc(Cn2nnc3ccccc32)cc1. The number of amides is 2. The van der Waals surface area contributed by atoms with Crippen molar-refractivity contribution in [2.24, 2.45) is 0 Å². The number of aromatic nitrogens is 3. The van der Waals surface area contributed by atoms with Gasteiger partial charge in [-0.25, -0.2) is 9.48 Å². The van der Waals surface area contributed by atoms with Gasteiger partial charge < -0.3 is 15.0 Å². The molecule has 9 nitrogen and oxygen atoms in total. The van der Waals surface area contributed by atoms with E-state index in [0.29, 0.717) is 18.7 Å². The minimum absolute atomic E-state index is 0.0813. The van der Waals surface area contributed by atoms with Gasteiger partial charge in [-0.1, -0.05) is 36.4 Å². The number of carbonyl (C=O) groups is 3. The molecule has 1 heterocycles. The predicted molar refractivity (Wildman–Crippen MR) is 114 cm³/mol. The van der Waals surface area contributed by atoms with Crippen molar-refractivity contribution in [2.75, 3.05) is 26.7 Å². The van der Waals surface area contributed by atoms with Crippen LogP contribution in [0.25, 0.3) is 11.0 Å². The highest BCUT2D eigenvalue weighted by Crippen LogP contribution is 2.13. The number of hydrogen-bond acceptors (Lipinski definition) is 6. The average molecular weight is 423 g/mol. The first-order valence-electron chi connectivity index (χ1n) is 10.0. The van der Waals surface area contributed by atoms with Gasteiger partial charge in [-0.15, -0.1) is 5.10 Å². The van der Waals surface area contributed by atoms with E-state index in [9.17, 15) is 14.4 Å². The molecule has 9 heteroatoms. The molecule has 0 spiro atoms. The number of nitrogens with zero attached hydrogens (tertiary/aromatic N) is 4. The van der Waals surface area contributed by atoms with Gasteiger partial charge in [0.25, 0.3) is 5.91 Å². The summed E-state index contributed by atoms with van der Waals surface area (Å²) < 4.78 is 6.87. The Bertz CT molecular complexity index is 1060. The van der Waals surface area contributed by atoms with Crippen LogP contribution in [-0.2, 0) is 20.9 Å². The van der Waals surface area contributed by atoms with E-state index >= 15 is 0 Å². The Kier molecular flexibility index (Phi) is 7.31. The Morgan fingerprint density at radius 3 is 2.58 bits per heavy atom. The molecule has 0 saturated heterocycles. The van der Waals surface area contributed by atoms with E-state index in [-0.39, 0.29) is 12.5 Å². The third-order valence-corrected chi connectivity index (χ3v) is 4.65. The van der Waals surface area contributed by atoms with Gasteiger partial charge in [-0.3, -0.25) is 9.59 Å². The van der Waals surface area contributed by atoms with Crippen molar-refractivity contribution in [1.82, 2.24) is 25.2 Å². The molecule has 162 valence electrons. The lowest BCUT2D eigenvalue weighted by Crippen LogP contribution is -2.40. The first-order valence-corrected chi connectivity index (χ1v) is 10.0. The van der Waals surface area contributed by atoms with Crippen LogP contribution in [-0.4, -0.2) is 64.4 Å². The van der Waals surface area contributed by atoms with Gasteiger partial charge in [-0.05, 0) is 36.2 Å². The zero-order chi connectivity index (χ0) is 22.2. The van der Waals surface area contributed by atoms with Gasteiger partial charge in [-0.2, -0.15) is 0 Å². The second kappa shape index (κ2) is 10.3. The van der Waals surface area contributed by atoms with Gasteiger partial charge in [0.15, 0.2) is 6.61 Å². The number of benzene rings is 2. The third-order valence-electron chi connectivity index (χ3n) is 4.65. The summed E-state index contributed by atoms with van der Waals surface area (Å²) in [7, 11) is 1.49. The quantitative estimate of drug-likeness (QED) is 0.524. The van der Waals surface area contributed by atoms with Crippen LogP contribution in [0, 0.1) is 0 Å². The molecule has 3 rings (SSSR count). The number of likely N-dealkylation sites (N-methyl/N-ethyl adjacent to an activating group) is 1. The van der Waals surface area contributed by atoms with E-state index in [2.05, 4.69) is 15.6 Å². The third kappa shape index (κ3) is 5.88. The molecule has 0 fully saturated rings. The molecule has 0 aliphatic carbocycles. The smallest absolute Gasteiger partial charge is 0.338 e.